The van der Waals surface area contributed by atoms with Crippen molar-refractivity contribution in [3.8, 4) is 11.8 Å². The van der Waals surface area contributed by atoms with E-state index in [0.29, 0.717) is 12.3 Å². The summed E-state index contributed by atoms with van der Waals surface area (Å²) < 4.78 is 1.31. The molecule has 2 aliphatic rings. The Morgan fingerprint density at radius 1 is 1.22 bits per heavy atom. The molecule has 0 saturated carbocycles. The van der Waals surface area contributed by atoms with E-state index in [1.54, 1.807) is 0 Å². The molecule has 0 aliphatic carbocycles. The predicted octanol–water partition coefficient (Wildman–Crippen LogP) is 5.38. The summed E-state index contributed by atoms with van der Waals surface area (Å²) in [6.45, 7) is 4.47. The van der Waals surface area contributed by atoms with Crippen molar-refractivity contribution in [3.05, 3.63) is 29.1 Å². The second-order valence-electron chi connectivity index (χ2n) is 7.76. The quantitative estimate of drug-likeness (QED) is 0.710. The van der Waals surface area contributed by atoms with Gasteiger partial charge in [0.15, 0.2) is 0 Å². The van der Waals surface area contributed by atoms with Gasteiger partial charge in [-0.3, -0.25) is 4.79 Å². The van der Waals surface area contributed by atoms with Crippen molar-refractivity contribution >= 4 is 33.0 Å². The van der Waals surface area contributed by atoms with Gasteiger partial charge in [0.1, 0.15) is 0 Å². The van der Waals surface area contributed by atoms with Crippen molar-refractivity contribution in [2.75, 3.05) is 18.4 Å². The van der Waals surface area contributed by atoms with Gasteiger partial charge in [0.2, 0.25) is 0 Å². The molecule has 0 bridgehead atoms. The smallest absolute Gasteiger partial charge is 0.300 e. The number of thiophene rings is 1. The van der Waals surface area contributed by atoms with Crippen molar-refractivity contribution in [2.24, 2.45) is 0 Å². The summed E-state index contributed by atoms with van der Waals surface area (Å²) >= 11 is 1.83. The third-order valence-electron chi connectivity index (χ3n) is 6.04. The molecule has 142 valence electrons. The van der Waals surface area contributed by atoms with Crippen LogP contribution in [0, 0.1) is 11.8 Å². The van der Waals surface area contributed by atoms with Crippen molar-refractivity contribution in [1.82, 2.24) is 4.90 Å². The molecule has 2 aromatic rings. The number of nitrogens with one attached hydrogen (secondary N) is 1. The van der Waals surface area contributed by atoms with Crippen LogP contribution in [-0.2, 0) is 4.79 Å². The lowest BCUT2D eigenvalue weighted by Gasteiger charge is -2.33. The number of piperidine rings is 1. The highest BCUT2D eigenvalue weighted by atomic mass is 32.1. The predicted molar refractivity (Wildman–Crippen MR) is 114 cm³/mol. The second-order valence-corrected chi connectivity index (χ2v) is 8.67. The molecule has 1 amide bonds. The van der Waals surface area contributed by atoms with Gasteiger partial charge in [-0.25, -0.2) is 0 Å². The monoisotopic (exact) mass is 380 g/mol. The molecule has 0 spiro atoms. The van der Waals surface area contributed by atoms with Gasteiger partial charge in [0, 0.05) is 22.8 Å². The van der Waals surface area contributed by atoms with Gasteiger partial charge in [-0.15, -0.1) is 11.3 Å². The van der Waals surface area contributed by atoms with Crippen LogP contribution in [0.3, 0.4) is 0 Å². The van der Waals surface area contributed by atoms with Gasteiger partial charge in [-0.05, 0) is 91.6 Å². The zero-order valence-electron chi connectivity index (χ0n) is 16.1. The number of amides is 1. The average Bonchev–Trinajstić information content (AvgIpc) is 2.98. The van der Waals surface area contributed by atoms with Crippen LogP contribution in [0.2, 0.25) is 0 Å². The number of hydrogen-bond donors (Lipinski definition) is 1. The molecule has 2 fully saturated rings. The van der Waals surface area contributed by atoms with Crippen LogP contribution < -0.4 is 5.32 Å². The van der Waals surface area contributed by atoms with E-state index >= 15 is 0 Å². The Balaban J connectivity index is 1.54. The molecule has 2 aliphatic heterocycles. The molecule has 2 atom stereocenters. The first kappa shape index (κ1) is 18.5. The third-order valence-corrected chi connectivity index (χ3v) is 7.02. The molecule has 1 aromatic carbocycles. The molecular formula is C23H28N2OS. The number of carbonyl (C=O) groups excluding carboxylic acids is 1. The molecule has 3 heterocycles. The minimum absolute atomic E-state index is 0.223. The minimum Gasteiger partial charge on any atom is -0.315 e. The number of rotatable bonds is 2. The number of nitrogens with zero attached hydrogens (tertiary/aromatic N) is 1. The van der Waals surface area contributed by atoms with Crippen LogP contribution >= 0.6 is 11.3 Å². The zero-order valence-corrected chi connectivity index (χ0v) is 16.9. The number of fused-ring (bicyclic) bond motifs is 2. The van der Waals surface area contributed by atoms with Gasteiger partial charge >= 0.3 is 0 Å². The van der Waals surface area contributed by atoms with Crippen LogP contribution in [0.4, 0.5) is 5.69 Å². The number of benzene rings is 1. The standard InChI is InChI=1S/C23H28N2OS/c1-2-3-7-23(26)24-18-9-11-22-20(15-18)21(16-27-22)17-8-10-19-6-4-5-13-25(19)14-12-17/h9,11,15-17,19H,2,4-6,8,10,12-14H2,1H3,(H,24,26). The Hall–Kier alpha value is -1.83. The van der Waals surface area contributed by atoms with Crippen LogP contribution in [0.25, 0.3) is 10.1 Å². The Bertz CT molecular complexity index is 859. The summed E-state index contributed by atoms with van der Waals surface area (Å²) in [6.07, 6.45) is 8.70. The van der Waals surface area contributed by atoms with Crippen LogP contribution in [0.15, 0.2) is 23.6 Å². The Morgan fingerprint density at radius 3 is 3.04 bits per heavy atom. The summed E-state index contributed by atoms with van der Waals surface area (Å²) in [5.41, 5.74) is 2.33. The van der Waals surface area contributed by atoms with Gasteiger partial charge in [-0.2, -0.15) is 0 Å². The topological polar surface area (TPSA) is 32.3 Å². The maximum Gasteiger partial charge on any atom is 0.300 e. The van der Waals surface area contributed by atoms with E-state index in [0.717, 1.165) is 11.7 Å². The third kappa shape index (κ3) is 4.20. The fourth-order valence-corrected chi connectivity index (χ4v) is 5.65. The van der Waals surface area contributed by atoms with Crippen LogP contribution in [-0.4, -0.2) is 29.9 Å². The lowest BCUT2D eigenvalue weighted by molar-refractivity contribution is -0.111. The molecule has 0 radical (unpaired) electrons. The average molecular weight is 381 g/mol. The SMILES string of the molecule is CCC#CC(=O)Nc1ccc2scc(C3CCC4CCCCN4CC3)c2c1. The molecule has 2 unspecified atom stereocenters. The summed E-state index contributed by atoms with van der Waals surface area (Å²) in [5, 5.41) is 6.59. The fourth-order valence-electron chi connectivity index (χ4n) is 4.63. The van der Waals surface area contributed by atoms with Gasteiger partial charge in [-0.1, -0.05) is 19.3 Å². The summed E-state index contributed by atoms with van der Waals surface area (Å²) in [6, 6.07) is 7.07. The summed E-state index contributed by atoms with van der Waals surface area (Å²) in [7, 11) is 0. The first-order chi connectivity index (χ1) is 13.2. The second kappa shape index (κ2) is 8.46. The molecule has 27 heavy (non-hydrogen) atoms. The lowest BCUT2D eigenvalue weighted by Crippen LogP contribution is -2.38. The van der Waals surface area contributed by atoms with Crippen LogP contribution in [0.1, 0.15) is 63.4 Å². The summed E-state index contributed by atoms with van der Waals surface area (Å²) in [5.74, 6) is 5.88. The Labute approximate surface area is 166 Å². The molecule has 3 nitrogen and oxygen atoms in total. The van der Waals surface area contributed by atoms with Gasteiger partial charge in [0.05, 0.1) is 0 Å². The highest BCUT2D eigenvalue weighted by Crippen LogP contribution is 2.39. The van der Waals surface area contributed by atoms with E-state index in [1.165, 1.54) is 67.3 Å². The fraction of sp³-hybridized carbons (Fsp3) is 0.522. The minimum atomic E-state index is -0.223. The normalized spacial score (nSPS) is 23.1. The maximum absolute atomic E-state index is 11.9. The summed E-state index contributed by atoms with van der Waals surface area (Å²) in [4.78, 5) is 14.7. The first-order valence-electron chi connectivity index (χ1n) is 10.3. The molecular weight excluding hydrogens is 352 g/mol. The first-order valence-corrected chi connectivity index (χ1v) is 11.2. The van der Waals surface area contributed by atoms with E-state index in [-0.39, 0.29) is 5.91 Å². The number of carbonyl (C=O) groups is 1. The number of hydrogen-bond acceptors (Lipinski definition) is 3. The van der Waals surface area contributed by atoms with E-state index in [4.69, 9.17) is 0 Å². The van der Waals surface area contributed by atoms with E-state index in [9.17, 15) is 4.79 Å². The zero-order chi connectivity index (χ0) is 18.6. The van der Waals surface area contributed by atoms with Gasteiger partial charge < -0.3 is 10.2 Å². The largest absolute Gasteiger partial charge is 0.315 e. The Kier molecular flexibility index (Phi) is 5.80. The van der Waals surface area contributed by atoms with Crippen molar-refractivity contribution in [1.29, 1.82) is 0 Å². The van der Waals surface area contributed by atoms with Gasteiger partial charge in [0.25, 0.3) is 5.91 Å². The van der Waals surface area contributed by atoms with E-state index in [2.05, 4.69) is 39.6 Å². The number of anilines is 1. The van der Waals surface area contributed by atoms with E-state index < -0.39 is 0 Å². The van der Waals surface area contributed by atoms with Crippen molar-refractivity contribution in [2.45, 2.75) is 63.8 Å². The maximum atomic E-state index is 11.9. The molecule has 4 rings (SSSR count). The lowest BCUT2D eigenvalue weighted by atomic mass is 9.90. The molecule has 2 saturated heterocycles. The van der Waals surface area contributed by atoms with Crippen molar-refractivity contribution < 1.29 is 4.79 Å². The van der Waals surface area contributed by atoms with E-state index in [1.807, 2.05) is 24.3 Å². The molecule has 1 aromatic heterocycles. The van der Waals surface area contributed by atoms with Crippen molar-refractivity contribution in [3.63, 3.8) is 0 Å². The highest BCUT2D eigenvalue weighted by molar-refractivity contribution is 7.17. The molecule has 4 heteroatoms. The molecule has 1 N–H and O–H groups in total. The Morgan fingerprint density at radius 2 is 2.15 bits per heavy atom. The highest BCUT2D eigenvalue weighted by Gasteiger charge is 2.28. The van der Waals surface area contributed by atoms with Crippen LogP contribution in [0.5, 0.6) is 0 Å².